The average molecular weight is 327 g/mol. The predicted molar refractivity (Wildman–Crippen MR) is 95.1 cm³/mol. The van der Waals surface area contributed by atoms with E-state index >= 15 is 0 Å². The quantitative estimate of drug-likeness (QED) is 0.851. The van der Waals surface area contributed by atoms with Crippen LogP contribution in [0.4, 0.5) is 0 Å². The molecule has 3 aliphatic rings. The molecular weight excluding hydrogens is 306 g/mol. The molecule has 4 rings (SSSR count). The molecule has 1 fully saturated rings. The monoisotopic (exact) mass is 327 g/mol. The molecule has 1 amide bonds. The summed E-state index contributed by atoms with van der Waals surface area (Å²) in [4.78, 5) is 21.2. The summed E-state index contributed by atoms with van der Waals surface area (Å²) in [6, 6.07) is 8.36. The van der Waals surface area contributed by atoms with Crippen molar-refractivity contribution in [3.8, 4) is 0 Å². The van der Waals surface area contributed by atoms with E-state index in [1.54, 1.807) is 11.8 Å². The molecule has 0 spiro atoms. The van der Waals surface area contributed by atoms with Gasteiger partial charge in [-0.25, -0.2) is 0 Å². The highest BCUT2D eigenvalue weighted by Crippen LogP contribution is 2.39. The summed E-state index contributed by atoms with van der Waals surface area (Å²) in [5.41, 5.74) is 3.53. The minimum Gasteiger partial charge on any atom is -0.307 e. The second-order valence-corrected chi connectivity index (χ2v) is 7.28. The van der Waals surface area contributed by atoms with E-state index in [0.717, 1.165) is 29.4 Å². The average Bonchev–Trinajstić information content (AvgIpc) is 3.24. The molecule has 3 heterocycles. The van der Waals surface area contributed by atoms with Gasteiger partial charge in [0.15, 0.2) is 5.17 Å². The van der Waals surface area contributed by atoms with Gasteiger partial charge < -0.3 is 9.80 Å². The van der Waals surface area contributed by atoms with E-state index < -0.39 is 0 Å². The van der Waals surface area contributed by atoms with Gasteiger partial charge in [-0.1, -0.05) is 41.6 Å². The lowest BCUT2D eigenvalue weighted by molar-refractivity contribution is -0.120. The molecule has 0 N–H and O–H groups in total. The van der Waals surface area contributed by atoms with Crippen LogP contribution in [0.2, 0.25) is 0 Å². The van der Waals surface area contributed by atoms with Crippen LogP contribution < -0.4 is 0 Å². The van der Waals surface area contributed by atoms with Gasteiger partial charge in [0.2, 0.25) is 0 Å². The fraction of sp³-hybridized carbons (Fsp3) is 0.444. The number of fused-ring (bicyclic) bond motifs is 1. The van der Waals surface area contributed by atoms with Gasteiger partial charge in [0.25, 0.3) is 5.91 Å². The maximum absolute atomic E-state index is 12.3. The molecule has 1 unspecified atom stereocenters. The van der Waals surface area contributed by atoms with Crippen LogP contribution in [0.3, 0.4) is 0 Å². The van der Waals surface area contributed by atoms with Crippen molar-refractivity contribution in [2.45, 2.75) is 32.2 Å². The van der Waals surface area contributed by atoms with Gasteiger partial charge in [-0.15, -0.1) is 0 Å². The normalized spacial score (nSPS) is 24.1. The number of hydrogen-bond acceptors (Lipinski definition) is 4. The van der Waals surface area contributed by atoms with Gasteiger partial charge in [0.1, 0.15) is 6.04 Å². The lowest BCUT2D eigenvalue weighted by Gasteiger charge is -2.26. The minimum absolute atomic E-state index is 0.0180. The summed E-state index contributed by atoms with van der Waals surface area (Å²) in [6.07, 6.45) is 3.43. The largest absolute Gasteiger partial charge is 0.307 e. The summed E-state index contributed by atoms with van der Waals surface area (Å²) < 4.78 is 0. The number of aliphatic imine (C=N–C) groups is 1. The Bertz CT molecular complexity index is 674. The summed E-state index contributed by atoms with van der Waals surface area (Å²) in [5, 5.41) is 2.97. The number of benzene rings is 1. The predicted octanol–water partition coefficient (Wildman–Crippen LogP) is 3.09. The molecule has 0 aliphatic carbocycles. The van der Waals surface area contributed by atoms with Gasteiger partial charge in [-0.05, 0) is 44.8 Å². The molecule has 0 saturated carbocycles. The molecule has 0 aromatic heterocycles. The minimum atomic E-state index is -0.131. The highest BCUT2D eigenvalue weighted by atomic mass is 32.2. The fourth-order valence-corrected chi connectivity index (χ4v) is 4.43. The van der Waals surface area contributed by atoms with Crippen LogP contribution in [0.25, 0.3) is 5.70 Å². The zero-order valence-electron chi connectivity index (χ0n) is 13.4. The van der Waals surface area contributed by atoms with Crippen LogP contribution in [0, 0.1) is 6.92 Å². The molecule has 5 heteroatoms. The van der Waals surface area contributed by atoms with Crippen LogP contribution in [0.1, 0.15) is 30.4 Å². The number of carbonyl (C=O) groups is 1. The number of likely N-dealkylation sites (tertiary alicyclic amines) is 1. The van der Waals surface area contributed by atoms with Gasteiger partial charge in [-0.3, -0.25) is 4.79 Å². The number of rotatable bonds is 4. The highest BCUT2D eigenvalue weighted by Gasteiger charge is 2.40. The summed E-state index contributed by atoms with van der Waals surface area (Å²) in [6.45, 7) is 5.42. The van der Waals surface area contributed by atoms with Gasteiger partial charge >= 0.3 is 0 Å². The summed E-state index contributed by atoms with van der Waals surface area (Å²) >= 11 is 1.57. The van der Waals surface area contributed by atoms with Crippen LogP contribution in [0.5, 0.6) is 0 Å². The number of thioether (sulfide) groups is 1. The molecule has 1 aromatic rings. The molecule has 3 aliphatic heterocycles. The second kappa shape index (κ2) is 6.13. The van der Waals surface area contributed by atoms with E-state index in [1.807, 2.05) is 0 Å². The number of hydrogen-bond donors (Lipinski definition) is 0. The molecule has 4 nitrogen and oxygen atoms in total. The van der Waals surface area contributed by atoms with E-state index in [-0.39, 0.29) is 11.9 Å². The van der Waals surface area contributed by atoms with E-state index in [4.69, 9.17) is 0 Å². The first-order valence-corrected chi connectivity index (χ1v) is 9.18. The molecule has 0 bridgehead atoms. The smallest absolute Gasteiger partial charge is 0.271 e. The SMILES string of the molecule is Cc1ccc(C2=CSC3=NC(=O)C(CCN4CCCC4)N23)cc1. The number of carbonyl (C=O) groups excluding carboxylic acids is 1. The number of nitrogens with zero attached hydrogens (tertiary/aromatic N) is 3. The third-order valence-electron chi connectivity index (χ3n) is 4.81. The maximum Gasteiger partial charge on any atom is 0.271 e. The second-order valence-electron chi connectivity index (χ2n) is 6.44. The van der Waals surface area contributed by atoms with E-state index in [1.165, 1.54) is 31.5 Å². The Morgan fingerprint density at radius 2 is 1.96 bits per heavy atom. The lowest BCUT2D eigenvalue weighted by Crippen LogP contribution is -2.37. The van der Waals surface area contributed by atoms with Crippen molar-refractivity contribution < 1.29 is 4.79 Å². The van der Waals surface area contributed by atoms with Crippen LogP contribution >= 0.6 is 11.8 Å². The van der Waals surface area contributed by atoms with Crippen LogP contribution in [-0.2, 0) is 4.79 Å². The van der Waals surface area contributed by atoms with Crippen molar-refractivity contribution in [2.75, 3.05) is 19.6 Å². The van der Waals surface area contributed by atoms with Crippen molar-refractivity contribution in [2.24, 2.45) is 4.99 Å². The Labute approximate surface area is 141 Å². The first-order valence-electron chi connectivity index (χ1n) is 8.30. The van der Waals surface area contributed by atoms with E-state index in [9.17, 15) is 4.79 Å². The van der Waals surface area contributed by atoms with Crippen molar-refractivity contribution in [1.29, 1.82) is 0 Å². The molecule has 0 radical (unpaired) electrons. The topological polar surface area (TPSA) is 35.9 Å². The van der Waals surface area contributed by atoms with Crippen molar-refractivity contribution in [1.82, 2.24) is 9.80 Å². The molecular formula is C18H21N3OS. The standard InChI is InChI=1S/C18H21N3OS/c1-13-4-6-14(7-5-13)16-12-23-18-19-17(22)15(21(16)18)8-11-20-9-2-3-10-20/h4-7,12,15H,2-3,8-11H2,1H3. The van der Waals surface area contributed by atoms with Crippen molar-refractivity contribution in [3.63, 3.8) is 0 Å². The maximum atomic E-state index is 12.3. The first kappa shape index (κ1) is 15.0. The third kappa shape index (κ3) is 2.83. The van der Waals surface area contributed by atoms with Crippen LogP contribution in [-0.4, -0.2) is 46.6 Å². The molecule has 120 valence electrons. The Morgan fingerprint density at radius 3 is 2.70 bits per heavy atom. The lowest BCUT2D eigenvalue weighted by atomic mass is 10.1. The van der Waals surface area contributed by atoms with Gasteiger partial charge in [0, 0.05) is 12.0 Å². The summed E-state index contributed by atoms with van der Waals surface area (Å²) in [5.74, 6) is 0.0180. The number of aryl methyl sites for hydroxylation is 1. The Hall–Kier alpha value is -1.59. The Balaban J connectivity index is 1.52. The molecule has 1 atom stereocenters. The van der Waals surface area contributed by atoms with E-state index in [0.29, 0.717) is 0 Å². The van der Waals surface area contributed by atoms with E-state index in [2.05, 4.69) is 51.4 Å². The zero-order chi connectivity index (χ0) is 15.8. The number of amidine groups is 1. The Kier molecular flexibility index (Phi) is 3.99. The summed E-state index contributed by atoms with van der Waals surface area (Å²) in [7, 11) is 0. The molecule has 1 aromatic carbocycles. The molecule has 23 heavy (non-hydrogen) atoms. The van der Waals surface area contributed by atoms with Gasteiger partial charge in [-0.2, -0.15) is 4.99 Å². The van der Waals surface area contributed by atoms with Crippen molar-refractivity contribution >= 4 is 28.5 Å². The van der Waals surface area contributed by atoms with Gasteiger partial charge in [0.05, 0.1) is 5.70 Å². The van der Waals surface area contributed by atoms with Crippen LogP contribution in [0.15, 0.2) is 34.7 Å². The fourth-order valence-electron chi connectivity index (χ4n) is 3.48. The first-order chi connectivity index (χ1) is 11.2. The van der Waals surface area contributed by atoms with Crippen molar-refractivity contribution in [3.05, 3.63) is 40.8 Å². The number of amides is 1. The highest BCUT2D eigenvalue weighted by molar-refractivity contribution is 8.16. The zero-order valence-corrected chi connectivity index (χ0v) is 14.2. The third-order valence-corrected chi connectivity index (χ3v) is 5.65. The Morgan fingerprint density at radius 1 is 1.22 bits per heavy atom. The molecule has 1 saturated heterocycles.